The minimum atomic E-state index is 0.787. The zero-order valence-corrected chi connectivity index (χ0v) is 36.3. The van der Waals surface area contributed by atoms with Crippen molar-refractivity contribution in [3.63, 3.8) is 0 Å². The largest absolute Gasteiger partial charge is 0.456 e. The predicted octanol–water partition coefficient (Wildman–Crippen LogP) is 18.5. The highest BCUT2D eigenvalue weighted by Gasteiger charge is 2.23. The average molecular weight is 873 g/mol. The van der Waals surface area contributed by atoms with Crippen LogP contribution in [0, 0.1) is 0 Å². The minimum absolute atomic E-state index is 0.787. The maximum atomic E-state index is 6.68. The van der Waals surface area contributed by atoms with Crippen molar-refractivity contribution in [1.29, 1.82) is 0 Å². The van der Waals surface area contributed by atoms with E-state index < -0.39 is 0 Å². The van der Waals surface area contributed by atoms with Crippen molar-refractivity contribution in [1.82, 2.24) is 0 Å². The molecule has 0 aliphatic carbocycles. The third kappa shape index (κ3) is 5.52. The molecule has 68 heavy (non-hydrogen) atoms. The molecule has 0 amide bonds. The lowest BCUT2D eigenvalue weighted by molar-refractivity contribution is 0.656. The summed E-state index contributed by atoms with van der Waals surface area (Å²) in [5.74, 6) is 0. The molecule has 0 saturated carbocycles. The van der Waals surface area contributed by atoms with Crippen LogP contribution in [0.4, 0.5) is 34.1 Å². The first kappa shape index (κ1) is 37.0. The number of benzene rings is 11. The van der Waals surface area contributed by atoms with E-state index in [4.69, 9.17) is 17.7 Å². The second kappa shape index (κ2) is 14.1. The highest BCUT2D eigenvalue weighted by Crippen LogP contribution is 2.46. The third-order valence-electron chi connectivity index (χ3n) is 13.7. The normalized spacial score (nSPS) is 12.1. The van der Waals surface area contributed by atoms with Gasteiger partial charge in [-0.05, 0) is 125 Å². The number of nitrogens with zero attached hydrogens (tertiary/aromatic N) is 2. The minimum Gasteiger partial charge on any atom is -0.456 e. The molecular formula is C62H36N2O4. The van der Waals surface area contributed by atoms with Crippen LogP contribution in [0.25, 0.3) is 109 Å². The van der Waals surface area contributed by atoms with E-state index in [1.54, 1.807) is 0 Å². The van der Waals surface area contributed by atoms with Gasteiger partial charge >= 0.3 is 0 Å². The maximum Gasteiger partial charge on any atom is 0.159 e. The summed E-state index contributed by atoms with van der Waals surface area (Å²) in [5, 5.41) is 13.0. The van der Waals surface area contributed by atoms with Gasteiger partial charge in [0.05, 0.1) is 11.4 Å². The Morgan fingerprint density at radius 2 is 0.632 bits per heavy atom. The quantitative estimate of drug-likeness (QED) is 0.166. The number of para-hydroxylation sites is 6. The van der Waals surface area contributed by atoms with Gasteiger partial charge in [-0.25, -0.2) is 0 Å². The van der Waals surface area contributed by atoms with Crippen LogP contribution in [-0.2, 0) is 0 Å². The summed E-state index contributed by atoms with van der Waals surface area (Å²) in [6.07, 6.45) is 0. The SMILES string of the molecule is c1ccc(N(c2ccc3cc4c(cc3c2)oc2cc3oc5cc6cc(N(c7ccccc7)c7cccc8c7oc7ccccc78)ccc6cc5c3cc24)c2cccc3c2oc2ccccc23)cc1. The standard InChI is InChI=1S/C62H36N2O4/c1-3-13-41(14-4-1)63(53-21-11-19-47-45-17-7-9-23-55(45)67-61(47)53)43-27-25-37-31-49-51-35-52-50-32-38-26-28-44(30-40(38)34-58(50)66-60(52)36-59(51)65-57(49)33-39(37)29-43)64(42-15-5-2-6-16-42)54-22-12-20-48-46-18-8-10-24-56(46)68-62(48)54/h1-36H. The van der Waals surface area contributed by atoms with Crippen molar-refractivity contribution in [2.24, 2.45) is 0 Å². The highest BCUT2D eigenvalue weighted by atomic mass is 16.3. The summed E-state index contributed by atoms with van der Waals surface area (Å²) in [6, 6.07) is 76.6. The first-order chi connectivity index (χ1) is 33.7. The molecule has 15 aromatic rings. The van der Waals surface area contributed by atoms with Crippen molar-refractivity contribution < 1.29 is 17.7 Å². The Hall–Kier alpha value is -9.26. The number of anilines is 6. The fourth-order valence-electron chi connectivity index (χ4n) is 10.6. The lowest BCUT2D eigenvalue weighted by Gasteiger charge is -2.25. The molecule has 0 N–H and O–H groups in total. The van der Waals surface area contributed by atoms with Gasteiger partial charge in [-0.1, -0.05) is 109 Å². The summed E-state index contributed by atoms with van der Waals surface area (Å²) < 4.78 is 26.5. The second-order valence-electron chi connectivity index (χ2n) is 17.7. The van der Waals surface area contributed by atoms with Crippen LogP contribution in [0.5, 0.6) is 0 Å². The molecule has 11 aromatic carbocycles. The third-order valence-corrected chi connectivity index (χ3v) is 13.7. The summed E-state index contributed by atoms with van der Waals surface area (Å²) >= 11 is 0. The number of rotatable bonds is 6. The van der Waals surface area contributed by atoms with Gasteiger partial charge in [-0.15, -0.1) is 0 Å². The van der Waals surface area contributed by atoms with Gasteiger partial charge in [0, 0.05) is 71.9 Å². The fraction of sp³-hybridized carbons (Fsp3) is 0. The van der Waals surface area contributed by atoms with E-state index in [2.05, 4.69) is 186 Å². The summed E-state index contributed by atoms with van der Waals surface area (Å²) in [7, 11) is 0. The van der Waals surface area contributed by atoms with Crippen LogP contribution in [0.2, 0.25) is 0 Å². The van der Waals surface area contributed by atoms with E-state index in [-0.39, 0.29) is 0 Å². The molecule has 0 spiro atoms. The Balaban J connectivity index is 0.836. The molecule has 6 nitrogen and oxygen atoms in total. The summed E-state index contributed by atoms with van der Waals surface area (Å²) in [5.41, 5.74) is 12.7. The molecule has 0 bridgehead atoms. The first-order valence-electron chi connectivity index (χ1n) is 22.9. The second-order valence-corrected chi connectivity index (χ2v) is 17.7. The van der Waals surface area contributed by atoms with Gasteiger partial charge in [0.25, 0.3) is 0 Å². The number of furan rings is 4. The monoisotopic (exact) mass is 872 g/mol. The Bertz CT molecular complexity index is 4230. The summed E-state index contributed by atoms with van der Waals surface area (Å²) in [6.45, 7) is 0. The van der Waals surface area contributed by atoms with E-state index in [9.17, 15) is 0 Å². The Morgan fingerprint density at radius 3 is 1.12 bits per heavy atom. The van der Waals surface area contributed by atoms with Crippen LogP contribution in [0.15, 0.2) is 236 Å². The van der Waals surface area contributed by atoms with Crippen molar-refractivity contribution in [3.05, 3.63) is 218 Å². The number of fused-ring (bicyclic) bond motifs is 14. The Morgan fingerprint density at radius 1 is 0.221 bits per heavy atom. The van der Waals surface area contributed by atoms with Gasteiger partial charge in [-0.2, -0.15) is 0 Å². The number of hydrogen-bond acceptors (Lipinski definition) is 6. The smallest absolute Gasteiger partial charge is 0.159 e. The molecule has 15 rings (SSSR count). The number of hydrogen-bond donors (Lipinski definition) is 0. The van der Waals surface area contributed by atoms with Crippen LogP contribution in [0.1, 0.15) is 0 Å². The lowest BCUT2D eigenvalue weighted by Crippen LogP contribution is -2.10. The van der Waals surface area contributed by atoms with E-state index in [0.717, 1.165) is 143 Å². The lowest BCUT2D eigenvalue weighted by atomic mass is 10.0. The molecule has 4 aromatic heterocycles. The van der Waals surface area contributed by atoms with Gasteiger partial charge in [0.15, 0.2) is 11.2 Å². The maximum absolute atomic E-state index is 6.68. The van der Waals surface area contributed by atoms with Crippen molar-refractivity contribution in [3.8, 4) is 0 Å². The molecular weight excluding hydrogens is 837 g/mol. The van der Waals surface area contributed by atoms with Gasteiger partial charge in [-0.3, -0.25) is 0 Å². The van der Waals surface area contributed by atoms with Gasteiger partial charge in [0.2, 0.25) is 0 Å². The van der Waals surface area contributed by atoms with Crippen LogP contribution in [-0.4, -0.2) is 0 Å². The fourth-order valence-corrected chi connectivity index (χ4v) is 10.6. The van der Waals surface area contributed by atoms with Gasteiger partial charge in [0.1, 0.15) is 33.5 Å². The molecule has 0 aliphatic heterocycles. The Kier molecular flexibility index (Phi) is 7.69. The van der Waals surface area contributed by atoms with Crippen molar-refractivity contribution in [2.45, 2.75) is 0 Å². The van der Waals surface area contributed by atoms with E-state index in [1.165, 1.54) is 0 Å². The molecule has 0 atom stereocenters. The van der Waals surface area contributed by atoms with Crippen molar-refractivity contribution in [2.75, 3.05) is 9.80 Å². The molecule has 318 valence electrons. The van der Waals surface area contributed by atoms with Crippen LogP contribution < -0.4 is 9.80 Å². The topological polar surface area (TPSA) is 59.0 Å². The average Bonchev–Trinajstić information content (AvgIpc) is 4.15. The van der Waals surface area contributed by atoms with Crippen LogP contribution in [0.3, 0.4) is 0 Å². The molecule has 0 unspecified atom stereocenters. The van der Waals surface area contributed by atoms with Crippen LogP contribution >= 0.6 is 0 Å². The molecule has 0 radical (unpaired) electrons. The first-order valence-corrected chi connectivity index (χ1v) is 22.9. The van der Waals surface area contributed by atoms with E-state index in [1.807, 2.05) is 42.5 Å². The molecule has 4 heterocycles. The van der Waals surface area contributed by atoms with E-state index >= 15 is 0 Å². The zero-order valence-electron chi connectivity index (χ0n) is 36.3. The molecule has 0 saturated heterocycles. The van der Waals surface area contributed by atoms with E-state index in [0.29, 0.717) is 0 Å². The zero-order chi connectivity index (χ0) is 44.5. The molecule has 0 aliphatic rings. The molecule has 0 fully saturated rings. The Labute approximate surface area is 387 Å². The van der Waals surface area contributed by atoms with Crippen molar-refractivity contribution >= 4 is 143 Å². The molecule has 6 heteroatoms. The highest BCUT2D eigenvalue weighted by molar-refractivity contribution is 6.19. The predicted molar refractivity (Wildman–Crippen MR) is 280 cm³/mol. The van der Waals surface area contributed by atoms with Gasteiger partial charge < -0.3 is 27.5 Å². The summed E-state index contributed by atoms with van der Waals surface area (Å²) in [4.78, 5) is 4.55.